The van der Waals surface area contributed by atoms with E-state index in [2.05, 4.69) is 45.1 Å². The Labute approximate surface area is 315 Å². The van der Waals surface area contributed by atoms with Gasteiger partial charge in [0.25, 0.3) is 6.23 Å². The lowest BCUT2D eigenvalue weighted by molar-refractivity contribution is -0.948. The maximum absolute atomic E-state index is 6.23. The number of unbranched alkanes of at least 4 members (excludes halogenated alkanes) is 30. The van der Waals surface area contributed by atoms with Crippen molar-refractivity contribution in [2.45, 2.75) is 252 Å². The molecule has 0 bridgehead atoms. The van der Waals surface area contributed by atoms with E-state index in [1.165, 1.54) is 193 Å². The Morgan fingerprint density at radius 2 is 0.760 bits per heavy atom. The van der Waals surface area contributed by atoms with Gasteiger partial charge in [-0.3, -0.25) is 4.48 Å². The third kappa shape index (κ3) is 30.6. The number of oxime groups is 2. The molecule has 0 N–H and O–H groups in total. The molecule has 294 valence electrons. The van der Waals surface area contributed by atoms with Gasteiger partial charge in [0.2, 0.25) is 6.10 Å². The molecule has 0 aromatic heterocycles. The van der Waals surface area contributed by atoms with E-state index in [0.717, 1.165) is 25.8 Å². The van der Waals surface area contributed by atoms with Crippen LogP contribution in [0.25, 0.3) is 0 Å². The molecule has 50 heavy (non-hydrogen) atoms. The molecule has 3 unspecified atom stereocenters. The van der Waals surface area contributed by atoms with Gasteiger partial charge in [-0.25, -0.2) is 0 Å². The smallest absolute Gasteiger partial charge is 0.296 e. The van der Waals surface area contributed by atoms with Crippen molar-refractivity contribution in [1.29, 1.82) is 0 Å². The molecule has 0 fully saturated rings. The zero-order valence-corrected chi connectivity index (χ0v) is 34.8. The number of nitrogens with zero attached hydrogens (tertiary/aromatic N) is 3. The highest BCUT2D eigenvalue weighted by Crippen LogP contribution is 2.21. The van der Waals surface area contributed by atoms with Crippen LogP contribution in [0.2, 0.25) is 0 Å². The molecular weight excluding hydrogens is 613 g/mol. The van der Waals surface area contributed by atoms with Crippen molar-refractivity contribution in [2.24, 2.45) is 10.3 Å². The molecule has 0 heterocycles. The highest BCUT2D eigenvalue weighted by molar-refractivity contribution is 6.08. The molecule has 0 spiro atoms. The van der Waals surface area contributed by atoms with Gasteiger partial charge >= 0.3 is 0 Å². The first-order chi connectivity index (χ1) is 24.6. The van der Waals surface area contributed by atoms with Crippen molar-refractivity contribution in [3.8, 4) is 0 Å². The zero-order chi connectivity index (χ0) is 36.6. The lowest BCUT2D eigenvalue weighted by Crippen LogP contribution is -2.58. The van der Waals surface area contributed by atoms with Gasteiger partial charge < -0.3 is 9.68 Å². The Hall–Kier alpha value is -1.04. The van der Waals surface area contributed by atoms with Gasteiger partial charge in [0, 0.05) is 18.9 Å². The Balaban J connectivity index is 4.05. The Morgan fingerprint density at radius 1 is 0.460 bits per heavy atom. The molecule has 0 aliphatic carbocycles. The maximum atomic E-state index is 6.23. The third-order valence-electron chi connectivity index (χ3n) is 10.9. The summed E-state index contributed by atoms with van der Waals surface area (Å²) in [6, 6.07) is 0. The summed E-state index contributed by atoms with van der Waals surface area (Å²) < 4.78 is 0.545. The molecule has 0 saturated carbocycles. The van der Waals surface area contributed by atoms with E-state index in [-0.39, 0.29) is 12.3 Å². The van der Waals surface area contributed by atoms with Crippen LogP contribution in [0.1, 0.15) is 240 Å². The second-order valence-electron chi connectivity index (χ2n) is 15.6. The van der Waals surface area contributed by atoms with Crippen LogP contribution in [0.4, 0.5) is 0 Å². The second-order valence-corrected chi connectivity index (χ2v) is 15.6. The minimum atomic E-state index is -0.282. The van der Waals surface area contributed by atoms with E-state index < -0.39 is 0 Å². The molecule has 6 heteroatoms. The Morgan fingerprint density at radius 3 is 1.04 bits per heavy atom. The molecule has 3 atom stereocenters. The molecule has 0 amide bonds. The minimum absolute atomic E-state index is 0.191. The average molecular weight is 703 g/mol. The minimum Gasteiger partial charge on any atom is -0.382 e. The van der Waals surface area contributed by atoms with Crippen LogP contribution in [-0.4, -0.2) is 57.1 Å². The van der Waals surface area contributed by atoms with Gasteiger partial charge in [-0.1, -0.05) is 211 Å². The lowest BCUT2D eigenvalue weighted by atomic mass is 10.0. The monoisotopic (exact) mass is 703 g/mol. The summed E-state index contributed by atoms with van der Waals surface area (Å²) >= 11 is 0. The van der Waals surface area contributed by atoms with Crippen molar-refractivity contribution in [3.63, 3.8) is 0 Å². The maximum Gasteiger partial charge on any atom is 0.296 e. The fourth-order valence-corrected chi connectivity index (χ4v) is 6.87. The summed E-state index contributed by atoms with van der Waals surface area (Å²) in [6.45, 7) is 9.71. The van der Waals surface area contributed by atoms with Crippen molar-refractivity contribution in [3.05, 3.63) is 0 Å². The fraction of sp³-hybridized carbons (Fsp3) is 0.955. The zero-order valence-electron chi connectivity index (χ0n) is 34.8. The van der Waals surface area contributed by atoms with Crippen molar-refractivity contribution in [2.75, 3.05) is 20.0 Å². The first-order valence-corrected chi connectivity index (χ1v) is 22.5. The van der Waals surface area contributed by atoms with Crippen molar-refractivity contribution >= 4 is 20.3 Å². The van der Waals surface area contributed by atoms with E-state index in [0.29, 0.717) is 10.9 Å². The van der Waals surface area contributed by atoms with Crippen LogP contribution >= 0.6 is 0 Å². The molecule has 0 rings (SSSR count). The van der Waals surface area contributed by atoms with Crippen LogP contribution in [0.15, 0.2) is 10.3 Å². The van der Waals surface area contributed by atoms with Gasteiger partial charge in [-0.2, -0.15) is 0 Å². The molecule has 0 aliphatic heterocycles. The van der Waals surface area contributed by atoms with Gasteiger partial charge in [-0.05, 0) is 39.0 Å². The fourth-order valence-electron chi connectivity index (χ4n) is 6.87. The summed E-state index contributed by atoms with van der Waals surface area (Å²) in [5.74, 6) is 0. The largest absolute Gasteiger partial charge is 0.382 e. The summed E-state index contributed by atoms with van der Waals surface area (Å²) in [4.78, 5) is 12.1. The lowest BCUT2D eigenvalue weighted by Gasteiger charge is -2.40. The number of hydrogen-bond donors (Lipinski definition) is 0. The van der Waals surface area contributed by atoms with E-state index in [9.17, 15) is 0 Å². The SMILES string of the molecule is [B]C[N+](C)(CC)C(O/N=C/CCCCCCCCCCCCCCCCC)C(CC)O/N=C/CCCCCCCCCCCCCCCCC. The predicted octanol–water partition coefficient (Wildman–Crippen LogP) is 14.2. The molecule has 0 saturated heterocycles. The van der Waals surface area contributed by atoms with Crippen LogP contribution < -0.4 is 0 Å². The van der Waals surface area contributed by atoms with Gasteiger partial charge in [0.05, 0.1) is 13.6 Å². The number of hydrogen-bond acceptors (Lipinski definition) is 4. The average Bonchev–Trinajstić information content (AvgIpc) is 3.13. The summed E-state index contributed by atoms with van der Waals surface area (Å²) in [5, 5.41) is 8.78. The second kappa shape index (κ2) is 39.2. The molecule has 2 radical (unpaired) electrons. The number of quaternary nitrogens is 1. The van der Waals surface area contributed by atoms with E-state index in [1.807, 2.05) is 12.4 Å². The van der Waals surface area contributed by atoms with Crippen molar-refractivity contribution in [1.82, 2.24) is 0 Å². The van der Waals surface area contributed by atoms with Crippen molar-refractivity contribution < 1.29 is 14.2 Å². The van der Waals surface area contributed by atoms with E-state index in [4.69, 9.17) is 17.5 Å². The topological polar surface area (TPSA) is 43.2 Å². The van der Waals surface area contributed by atoms with Crippen LogP contribution in [0, 0.1) is 0 Å². The van der Waals surface area contributed by atoms with Crippen LogP contribution in [0.3, 0.4) is 0 Å². The van der Waals surface area contributed by atoms with E-state index in [1.54, 1.807) is 0 Å². The summed E-state index contributed by atoms with van der Waals surface area (Å²) in [7, 11) is 8.35. The number of likely N-dealkylation sites (N-methyl/N-ethyl adjacent to an activating group) is 1. The van der Waals surface area contributed by atoms with Crippen LogP contribution in [0.5, 0.6) is 0 Å². The molecule has 0 aromatic carbocycles. The van der Waals surface area contributed by atoms with Crippen LogP contribution in [-0.2, 0) is 9.68 Å². The normalized spacial score (nSPS) is 14.4. The molecule has 5 nitrogen and oxygen atoms in total. The predicted molar refractivity (Wildman–Crippen MR) is 223 cm³/mol. The Bertz CT molecular complexity index is 715. The first-order valence-electron chi connectivity index (χ1n) is 22.5. The van der Waals surface area contributed by atoms with E-state index >= 15 is 0 Å². The van der Waals surface area contributed by atoms with Gasteiger partial charge in [-0.15, -0.1) is 0 Å². The highest BCUT2D eigenvalue weighted by Gasteiger charge is 2.39. The highest BCUT2D eigenvalue weighted by atomic mass is 16.7. The molecular formula is C44H89BN3O2+. The Kier molecular flexibility index (Phi) is 38.4. The molecule has 0 aliphatic rings. The van der Waals surface area contributed by atoms with Gasteiger partial charge in [0.15, 0.2) is 0 Å². The first kappa shape index (κ1) is 49.0. The standard InChI is InChI=1S/C44H89BN3O2/c1-6-10-12-14-16-18-20-22-24-26-28-30-32-34-36-38-40-46-49-43(8-3)44(48(5,9-4)42-45)50-47-41-39-37-35-33-31-29-27-25-23-21-19-17-15-13-11-7-2/h40-41,43-44H,6-39,42H2,1-5H3/q+1/b46-40+,47-41+. The quantitative estimate of drug-likeness (QED) is 0.0159. The van der Waals surface area contributed by atoms with Gasteiger partial charge in [0.1, 0.15) is 7.85 Å². The molecule has 0 aromatic rings. The summed E-state index contributed by atoms with van der Waals surface area (Å²) in [5.41, 5.74) is 0. The number of rotatable bonds is 41. The summed E-state index contributed by atoms with van der Waals surface area (Å²) in [6.07, 6.45) is 48.2. The third-order valence-corrected chi connectivity index (χ3v) is 10.9.